The zero-order valence-corrected chi connectivity index (χ0v) is 11.6. The molecule has 2 rings (SSSR count). The van der Waals surface area contributed by atoms with E-state index in [1.807, 2.05) is 26.2 Å². The summed E-state index contributed by atoms with van der Waals surface area (Å²) in [7, 11) is 0. The van der Waals surface area contributed by atoms with Gasteiger partial charge in [0.05, 0.1) is 16.2 Å². The van der Waals surface area contributed by atoms with Gasteiger partial charge < -0.3 is 9.84 Å². The van der Waals surface area contributed by atoms with Crippen molar-refractivity contribution in [1.29, 1.82) is 0 Å². The van der Waals surface area contributed by atoms with Gasteiger partial charge in [0.1, 0.15) is 5.60 Å². The average Bonchev–Trinajstić information content (AvgIpc) is 2.73. The average molecular weight is 270 g/mol. The molecule has 0 aliphatic carbocycles. The van der Waals surface area contributed by atoms with E-state index in [1.54, 1.807) is 16.7 Å². The number of fused-ring (bicyclic) bond motifs is 1. The number of ether oxygens (including phenoxy) is 1. The maximum atomic E-state index is 12.0. The summed E-state index contributed by atoms with van der Waals surface area (Å²) in [5, 5.41) is 13.8. The van der Waals surface area contributed by atoms with Gasteiger partial charge in [0.25, 0.3) is 0 Å². The topological polar surface area (TPSA) is 46.5 Å². The lowest BCUT2D eigenvalue weighted by molar-refractivity contribution is 0.00723. The van der Waals surface area contributed by atoms with Gasteiger partial charge in [0.2, 0.25) is 0 Å². The van der Waals surface area contributed by atoms with E-state index in [2.05, 4.69) is 0 Å². The van der Waals surface area contributed by atoms with E-state index in [0.717, 1.165) is 15.0 Å². The van der Waals surface area contributed by atoms with Crippen LogP contribution in [0.4, 0.5) is 0 Å². The lowest BCUT2D eigenvalue weighted by atomic mass is 10.1. The highest BCUT2D eigenvalue weighted by molar-refractivity contribution is 7.37. The number of hydrogen-bond acceptors (Lipinski definition) is 5. The number of hydrogen-bond donors (Lipinski definition) is 1. The molecule has 0 atom stereocenters. The first-order chi connectivity index (χ1) is 7.92. The van der Waals surface area contributed by atoms with E-state index in [0.29, 0.717) is 5.56 Å². The molecule has 0 aromatic carbocycles. The number of rotatable bonds is 2. The Hall–Kier alpha value is -0.910. The van der Waals surface area contributed by atoms with Crippen LogP contribution in [-0.4, -0.2) is 16.7 Å². The highest BCUT2D eigenvalue weighted by Gasteiger charge is 2.22. The Morgan fingerprint density at radius 3 is 2.59 bits per heavy atom. The molecule has 0 fully saturated rings. The van der Waals surface area contributed by atoms with Gasteiger partial charge in [0.15, 0.2) is 0 Å². The fourth-order valence-electron chi connectivity index (χ4n) is 1.51. The van der Waals surface area contributed by atoms with Crippen molar-refractivity contribution in [2.75, 3.05) is 0 Å². The lowest BCUT2D eigenvalue weighted by Crippen LogP contribution is -2.23. The van der Waals surface area contributed by atoms with Gasteiger partial charge in [0, 0.05) is 10.8 Å². The Balaban J connectivity index is 2.41. The molecular weight excluding hydrogens is 256 g/mol. The highest BCUT2D eigenvalue weighted by Crippen LogP contribution is 2.35. The molecule has 0 aliphatic heterocycles. The summed E-state index contributed by atoms with van der Waals surface area (Å²) in [6.07, 6.45) is 0. The second-order valence-corrected chi connectivity index (χ2v) is 6.75. The van der Waals surface area contributed by atoms with Crippen molar-refractivity contribution in [2.45, 2.75) is 33.0 Å². The maximum Gasteiger partial charge on any atom is 0.340 e. The molecule has 5 heteroatoms. The Morgan fingerprint density at radius 1 is 1.35 bits per heavy atom. The fourth-order valence-corrected chi connectivity index (χ4v) is 3.62. The van der Waals surface area contributed by atoms with E-state index in [4.69, 9.17) is 4.74 Å². The van der Waals surface area contributed by atoms with Gasteiger partial charge >= 0.3 is 5.97 Å². The van der Waals surface area contributed by atoms with Crippen LogP contribution in [0.2, 0.25) is 0 Å². The molecule has 0 aliphatic rings. The summed E-state index contributed by atoms with van der Waals surface area (Å²) in [6.45, 7) is 5.48. The zero-order valence-electron chi connectivity index (χ0n) is 9.94. The monoisotopic (exact) mass is 270 g/mol. The number of carbonyl (C=O) groups is 1. The molecule has 2 aromatic heterocycles. The van der Waals surface area contributed by atoms with Crippen LogP contribution in [0, 0.1) is 0 Å². The molecule has 0 radical (unpaired) electrons. The van der Waals surface area contributed by atoms with E-state index in [-0.39, 0.29) is 12.6 Å². The Morgan fingerprint density at radius 2 is 2.00 bits per heavy atom. The zero-order chi connectivity index (χ0) is 12.6. The number of aliphatic hydroxyl groups is 1. The number of esters is 1. The maximum absolute atomic E-state index is 12.0. The molecule has 0 saturated carbocycles. The molecule has 2 aromatic rings. The third-order valence-electron chi connectivity index (χ3n) is 2.18. The van der Waals surface area contributed by atoms with E-state index in [9.17, 15) is 9.90 Å². The summed E-state index contributed by atoms with van der Waals surface area (Å²) in [5.41, 5.74) is 0.859. The standard InChI is InChI=1S/C12H14O3S2/c1-12(2,3)15-10(14)8-6-17-11-9(8)7(4-13)5-16-11/h5-6,13H,4H2,1-3H3. The van der Waals surface area contributed by atoms with E-state index in [1.165, 1.54) is 11.3 Å². The number of carbonyl (C=O) groups excluding carboxylic acids is 1. The third-order valence-corrected chi connectivity index (χ3v) is 4.35. The largest absolute Gasteiger partial charge is 0.456 e. The van der Waals surface area contributed by atoms with Crippen LogP contribution in [0.1, 0.15) is 36.7 Å². The van der Waals surface area contributed by atoms with Gasteiger partial charge in [-0.2, -0.15) is 0 Å². The predicted octanol–water partition coefficient (Wildman–Crippen LogP) is 3.41. The lowest BCUT2D eigenvalue weighted by Gasteiger charge is -2.19. The molecule has 3 nitrogen and oxygen atoms in total. The molecule has 92 valence electrons. The SMILES string of the molecule is CC(C)(C)OC(=O)c1csc2scc(CO)c12. The van der Waals surface area contributed by atoms with E-state index < -0.39 is 5.60 Å². The molecule has 0 bridgehead atoms. The van der Waals surface area contributed by atoms with Crippen molar-refractivity contribution < 1.29 is 14.6 Å². The van der Waals surface area contributed by atoms with Crippen LogP contribution in [0.15, 0.2) is 10.8 Å². The molecular formula is C12H14O3S2. The van der Waals surface area contributed by atoms with Crippen molar-refractivity contribution in [2.24, 2.45) is 0 Å². The highest BCUT2D eigenvalue weighted by atomic mass is 32.2. The molecule has 0 saturated heterocycles. The van der Waals surface area contributed by atoms with Crippen molar-refractivity contribution >= 4 is 38.0 Å². The summed E-state index contributed by atoms with van der Waals surface area (Å²) in [5.74, 6) is -0.322. The van der Waals surface area contributed by atoms with Crippen molar-refractivity contribution in [3.63, 3.8) is 0 Å². The molecule has 1 N–H and O–H groups in total. The molecule has 17 heavy (non-hydrogen) atoms. The minimum atomic E-state index is -0.499. The predicted molar refractivity (Wildman–Crippen MR) is 70.8 cm³/mol. The first-order valence-corrected chi connectivity index (χ1v) is 7.00. The first kappa shape index (κ1) is 12.5. The van der Waals surface area contributed by atoms with Crippen LogP contribution >= 0.6 is 22.7 Å². The molecule has 2 heterocycles. The fraction of sp³-hybridized carbons (Fsp3) is 0.417. The van der Waals surface area contributed by atoms with Crippen LogP contribution < -0.4 is 0 Å². The number of thiophene rings is 2. The van der Waals surface area contributed by atoms with Gasteiger partial charge in [-0.15, -0.1) is 22.7 Å². The third kappa shape index (κ3) is 2.51. The van der Waals surface area contributed by atoms with Crippen molar-refractivity contribution in [1.82, 2.24) is 0 Å². The van der Waals surface area contributed by atoms with Crippen LogP contribution in [-0.2, 0) is 11.3 Å². The summed E-state index contributed by atoms with van der Waals surface area (Å²) < 4.78 is 6.40. The van der Waals surface area contributed by atoms with E-state index >= 15 is 0 Å². The summed E-state index contributed by atoms with van der Waals surface area (Å²) in [4.78, 5) is 12.0. The van der Waals surface area contributed by atoms with Gasteiger partial charge in [-0.25, -0.2) is 4.79 Å². The van der Waals surface area contributed by atoms with Crippen LogP contribution in [0.3, 0.4) is 0 Å². The minimum absolute atomic E-state index is 0.0491. The van der Waals surface area contributed by atoms with Crippen LogP contribution in [0.5, 0.6) is 0 Å². The van der Waals surface area contributed by atoms with Crippen molar-refractivity contribution in [3.05, 3.63) is 21.9 Å². The van der Waals surface area contributed by atoms with Crippen LogP contribution in [0.25, 0.3) is 9.40 Å². The first-order valence-electron chi connectivity index (χ1n) is 5.24. The molecule has 0 spiro atoms. The second-order valence-electron chi connectivity index (χ2n) is 4.73. The Bertz CT molecular complexity index is 546. The van der Waals surface area contributed by atoms with Gasteiger partial charge in [-0.05, 0) is 31.7 Å². The number of aliphatic hydroxyl groups excluding tert-OH is 1. The summed E-state index contributed by atoms with van der Waals surface area (Å²) >= 11 is 3.06. The normalized spacial score (nSPS) is 12.0. The minimum Gasteiger partial charge on any atom is -0.456 e. The second kappa shape index (κ2) is 4.40. The molecule has 0 unspecified atom stereocenters. The Labute approximate surface area is 108 Å². The van der Waals surface area contributed by atoms with Crippen molar-refractivity contribution in [3.8, 4) is 0 Å². The van der Waals surface area contributed by atoms with Gasteiger partial charge in [-0.1, -0.05) is 0 Å². The summed E-state index contributed by atoms with van der Waals surface area (Å²) in [6, 6.07) is 0. The smallest absolute Gasteiger partial charge is 0.340 e. The quantitative estimate of drug-likeness (QED) is 0.851. The van der Waals surface area contributed by atoms with Gasteiger partial charge in [-0.3, -0.25) is 0 Å². The molecule has 0 amide bonds. The Kier molecular flexibility index (Phi) is 3.25.